The van der Waals surface area contributed by atoms with Crippen LogP contribution in [-0.2, 0) is 6.42 Å². The summed E-state index contributed by atoms with van der Waals surface area (Å²) in [5.41, 5.74) is 0. The van der Waals surface area contributed by atoms with Gasteiger partial charge >= 0.3 is 0 Å². The van der Waals surface area contributed by atoms with Crippen LogP contribution in [0.1, 0.15) is 36.7 Å². The molecule has 0 aliphatic heterocycles. The van der Waals surface area contributed by atoms with Crippen molar-refractivity contribution in [3.05, 3.63) is 11.6 Å². The van der Waals surface area contributed by atoms with Crippen molar-refractivity contribution in [2.75, 3.05) is 13.6 Å². The van der Waals surface area contributed by atoms with Gasteiger partial charge in [0.2, 0.25) is 5.82 Å². The minimum absolute atomic E-state index is 0.185. The van der Waals surface area contributed by atoms with Crippen LogP contribution in [0.4, 0.5) is 0 Å². The Balaban J connectivity index is 2.56. The van der Waals surface area contributed by atoms with E-state index in [9.17, 15) is 4.79 Å². The molecule has 1 aromatic rings. The Bertz CT molecular complexity index is 348. The standard InChI is InChI=1S/C10H18N4O2/c1-4-8-11-9(13-12-8)10(16)14(3)6-5-7(2)15/h7,15H,4-6H2,1-3H3,(H,11,12,13). The number of amides is 1. The fourth-order valence-corrected chi connectivity index (χ4v) is 1.20. The smallest absolute Gasteiger partial charge is 0.293 e. The molecule has 0 aliphatic rings. The molecule has 6 nitrogen and oxygen atoms in total. The molecular formula is C10H18N4O2. The van der Waals surface area contributed by atoms with Gasteiger partial charge in [-0.3, -0.25) is 9.89 Å². The largest absolute Gasteiger partial charge is 0.393 e. The van der Waals surface area contributed by atoms with Crippen molar-refractivity contribution < 1.29 is 9.90 Å². The first-order valence-electron chi connectivity index (χ1n) is 5.39. The van der Waals surface area contributed by atoms with Crippen LogP contribution >= 0.6 is 0 Å². The number of rotatable bonds is 5. The van der Waals surface area contributed by atoms with E-state index >= 15 is 0 Å². The van der Waals surface area contributed by atoms with Crippen LogP contribution in [0.15, 0.2) is 0 Å². The molecule has 0 bridgehead atoms. The Labute approximate surface area is 94.7 Å². The molecule has 0 fully saturated rings. The number of hydrogen-bond acceptors (Lipinski definition) is 4. The SMILES string of the molecule is CCc1nc(C(=O)N(C)CCC(C)O)n[nH]1. The molecule has 0 saturated carbocycles. The highest BCUT2D eigenvalue weighted by Gasteiger charge is 2.16. The van der Waals surface area contributed by atoms with Gasteiger partial charge in [-0.1, -0.05) is 6.92 Å². The lowest BCUT2D eigenvalue weighted by Crippen LogP contribution is -2.30. The molecular weight excluding hydrogens is 208 g/mol. The predicted molar refractivity (Wildman–Crippen MR) is 59.0 cm³/mol. The molecule has 1 rings (SSSR count). The van der Waals surface area contributed by atoms with Crippen molar-refractivity contribution in [1.29, 1.82) is 0 Å². The minimum atomic E-state index is -0.409. The number of aromatic nitrogens is 3. The number of nitrogens with one attached hydrogen (secondary N) is 1. The Morgan fingerprint density at radius 1 is 1.62 bits per heavy atom. The van der Waals surface area contributed by atoms with Crippen molar-refractivity contribution in [2.45, 2.75) is 32.8 Å². The van der Waals surface area contributed by atoms with Crippen molar-refractivity contribution >= 4 is 5.91 Å². The molecule has 6 heteroatoms. The van der Waals surface area contributed by atoms with E-state index in [-0.39, 0.29) is 11.7 Å². The van der Waals surface area contributed by atoms with E-state index in [4.69, 9.17) is 5.11 Å². The van der Waals surface area contributed by atoms with Gasteiger partial charge in [0, 0.05) is 20.0 Å². The number of carbonyl (C=O) groups excluding carboxylic acids is 1. The zero-order valence-electron chi connectivity index (χ0n) is 9.90. The van der Waals surface area contributed by atoms with Gasteiger partial charge in [-0.15, -0.1) is 5.10 Å². The molecule has 0 spiro atoms. The van der Waals surface area contributed by atoms with E-state index in [1.54, 1.807) is 14.0 Å². The molecule has 0 aliphatic carbocycles. The van der Waals surface area contributed by atoms with Gasteiger partial charge in [-0.25, -0.2) is 4.98 Å². The Morgan fingerprint density at radius 3 is 2.81 bits per heavy atom. The number of hydrogen-bond donors (Lipinski definition) is 2. The van der Waals surface area contributed by atoms with Crippen LogP contribution in [0.5, 0.6) is 0 Å². The van der Waals surface area contributed by atoms with Gasteiger partial charge in [0.25, 0.3) is 5.91 Å². The molecule has 0 saturated heterocycles. The lowest BCUT2D eigenvalue weighted by Gasteiger charge is -2.15. The third kappa shape index (κ3) is 3.30. The van der Waals surface area contributed by atoms with Crippen molar-refractivity contribution in [3.8, 4) is 0 Å². The maximum Gasteiger partial charge on any atom is 0.293 e. The number of aromatic amines is 1. The van der Waals surface area contributed by atoms with Gasteiger partial charge in [-0.05, 0) is 13.3 Å². The summed E-state index contributed by atoms with van der Waals surface area (Å²) < 4.78 is 0. The van der Waals surface area contributed by atoms with Crippen LogP contribution in [0, 0.1) is 0 Å². The summed E-state index contributed by atoms with van der Waals surface area (Å²) in [6.07, 6.45) is 0.860. The van der Waals surface area contributed by atoms with Crippen LogP contribution in [-0.4, -0.2) is 50.8 Å². The van der Waals surface area contributed by atoms with E-state index in [1.165, 1.54) is 4.90 Å². The van der Waals surface area contributed by atoms with Crippen LogP contribution < -0.4 is 0 Å². The highest BCUT2D eigenvalue weighted by atomic mass is 16.3. The lowest BCUT2D eigenvalue weighted by atomic mass is 10.3. The fraction of sp³-hybridized carbons (Fsp3) is 0.700. The molecule has 1 aromatic heterocycles. The van der Waals surface area contributed by atoms with E-state index in [2.05, 4.69) is 15.2 Å². The third-order valence-corrected chi connectivity index (χ3v) is 2.29. The van der Waals surface area contributed by atoms with Crippen LogP contribution in [0.25, 0.3) is 0 Å². The van der Waals surface area contributed by atoms with Crippen molar-refractivity contribution in [1.82, 2.24) is 20.1 Å². The number of H-pyrrole nitrogens is 1. The van der Waals surface area contributed by atoms with Crippen LogP contribution in [0.3, 0.4) is 0 Å². The van der Waals surface area contributed by atoms with Gasteiger partial charge in [0.15, 0.2) is 0 Å². The number of carbonyl (C=O) groups is 1. The molecule has 1 amide bonds. The summed E-state index contributed by atoms with van der Waals surface area (Å²) >= 11 is 0. The van der Waals surface area contributed by atoms with Gasteiger partial charge in [0.1, 0.15) is 5.82 Å². The first-order chi connectivity index (χ1) is 7.54. The molecule has 16 heavy (non-hydrogen) atoms. The molecule has 2 N–H and O–H groups in total. The zero-order chi connectivity index (χ0) is 12.1. The summed E-state index contributed by atoms with van der Waals surface area (Å²) in [5, 5.41) is 15.7. The Hall–Kier alpha value is -1.43. The highest BCUT2D eigenvalue weighted by molar-refractivity contribution is 5.90. The first kappa shape index (κ1) is 12.6. The minimum Gasteiger partial charge on any atom is -0.393 e. The summed E-state index contributed by atoms with van der Waals surface area (Å²) in [6, 6.07) is 0. The quantitative estimate of drug-likeness (QED) is 0.752. The summed E-state index contributed by atoms with van der Waals surface area (Å²) in [6.45, 7) is 4.12. The van der Waals surface area contributed by atoms with E-state index in [0.717, 1.165) is 6.42 Å². The molecule has 0 aromatic carbocycles. The predicted octanol–water partition coefficient (Wildman–Crippen LogP) is 0.210. The van der Waals surface area contributed by atoms with E-state index in [1.807, 2.05) is 6.92 Å². The van der Waals surface area contributed by atoms with E-state index < -0.39 is 6.10 Å². The van der Waals surface area contributed by atoms with Gasteiger partial charge in [-0.2, -0.15) is 0 Å². The van der Waals surface area contributed by atoms with Crippen molar-refractivity contribution in [3.63, 3.8) is 0 Å². The third-order valence-electron chi connectivity index (χ3n) is 2.29. The Kier molecular flexibility index (Phi) is 4.42. The lowest BCUT2D eigenvalue weighted by molar-refractivity contribution is 0.0757. The summed E-state index contributed by atoms with van der Waals surface area (Å²) in [4.78, 5) is 17.4. The summed E-state index contributed by atoms with van der Waals surface area (Å²) in [5.74, 6) is 0.661. The highest BCUT2D eigenvalue weighted by Crippen LogP contribution is 2.00. The second kappa shape index (κ2) is 5.60. The maximum absolute atomic E-state index is 11.8. The molecule has 1 heterocycles. The number of aryl methyl sites for hydroxylation is 1. The Morgan fingerprint density at radius 2 is 2.31 bits per heavy atom. The molecule has 1 atom stereocenters. The topological polar surface area (TPSA) is 82.1 Å². The zero-order valence-corrected chi connectivity index (χ0v) is 9.90. The fourth-order valence-electron chi connectivity index (χ4n) is 1.20. The monoisotopic (exact) mass is 226 g/mol. The first-order valence-corrected chi connectivity index (χ1v) is 5.39. The van der Waals surface area contributed by atoms with E-state index in [0.29, 0.717) is 18.8 Å². The summed E-state index contributed by atoms with van der Waals surface area (Å²) in [7, 11) is 1.67. The maximum atomic E-state index is 11.8. The molecule has 90 valence electrons. The number of aliphatic hydroxyl groups excluding tert-OH is 1. The average molecular weight is 226 g/mol. The van der Waals surface area contributed by atoms with Gasteiger partial charge < -0.3 is 10.0 Å². The second-order valence-corrected chi connectivity index (χ2v) is 3.82. The van der Waals surface area contributed by atoms with Gasteiger partial charge in [0.05, 0.1) is 6.10 Å². The second-order valence-electron chi connectivity index (χ2n) is 3.82. The average Bonchev–Trinajstić information content (AvgIpc) is 2.73. The number of aliphatic hydroxyl groups is 1. The molecule has 0 radical (unpaired) electrons. The normalized spacial score (nSPS) is 12.5. The van der Waals surface area contributed by atoms with Crippen molar-refractivity contribution in [2.24, 2.45) is 0 Å². The van der Waals surface area contributed by atoms with Crippen LogP contribution in [0.2, 0.25) is 0 Å². The molecule has 1 unspecified atom stereocenters. The number of nitrogens with zero attached hydrogens (tertiary/aromatic N) is 3.